The first kappa shape index (κ1) is 18.4. The fraction of sp³-hybridized carbons (Fsp3) is 0.150. The van der Waals surface area contributed by atoms with E-state index in [1.807, 2.05) is 38.2 Å². The molecule has 0 atom stereocenters. The van der Waals surface area contributed by atoms with Gasteiger partial charge in [-0.25, -0.2) is 0 Å². The van der Waals surface area contributed by atoms with E-state index in [2.05, 4.69) is 20.5 Å². The number of para-hydroxylation sites is 1. The highest BCUT2D eigenvalue weighted by Crippen LogP contribution is 2.23. The third-order valence-electron chi connectivity index (χ3n) is 4.53. The van der Waals surface area contributed by atoms with Crippen molar-refractivity contribution in [1.82, 2.24) is 24.5 Å². The number of aryl methyl sites for hydroxylation is 2. The minimum atomic E-state index is -0.569. The number of anilines is 1. The van der Waals surface area contributed by atoms with E-state index in [4.69, 9.17) is 5.73 Å². The number of amides is 2. The van der Waals surface area contributed by atoms with Gasteiger partial charge in [-0.2, -0.15) is 10.2 Å². The summed E-state index contributed by atoms with van der Waals surface area (Å²) >= 11 is 0. The quantitative estimate of drug-likeness (QED) is 0.540. The molecule has 0 saturated carbocycles. The maximum absolute atomic E-state index is 12.5. The zero-order chi connectivity index (χ0) is 20.5. The molecule has 0 fully saturated rings. The maximum Gasteiger partial charge on any atom is 0.250 e. The molecule has 3 heterocycles. The average molecular weight is 389 g/mol. The number of rotatable bonds is 5. The van der Waals surface area contributed by atoms with Gasteiger partial charge in [-0.05, 0) is 31.2 Å². The Hall–Kier alpha value is -4.01. The fourth-order valence-corrected chi connectivity index (χ4v) is 3.17. The Labute approximate surface area is 166 Å². The highest BCUT2D eigenvalue weighted by Gasteiger charge is 2.16. The molecule has 1 aromatic carbocycles. The SMILES string of the molecule is Cc1ccc(C(N)=O)c(-c2cnn(CC(=O)Nc3nn(C)c4ccccc34)c2)n1. The molecule has 0 aliphatic rings. The predicted molar refractivity (Wildman–Crippen MR) is 108 cm³/mol. The van der Waals surface area contributed by atoms with Gasteiger partial charge in [-0.15, -0.1) is 0 Å². The molecule has 3 N–H and O–H groups in total. The topological polar surface area (TPSA) is 121 Å². The van der Waals surface area contributed by atoms with Crippen molar-refractivity contribution in [3.8, 4) is 11.3 Å². The fourth-order valence-electron chi connectivity index (χ4n) is 3.17. The number of fused-ring (bicyclic) bond motifs is 1. The van der Waals surface area contributed by atoms with Gasteiger partial charge in [-0.1, -0.05) is 12.1 Å². The highest BCUT2D eigenvalue weighted by molar-refractivity contribution is 6.00. The van der Waals surface area contributed by atoms with Crippen LogP contribution in [0.15, 0.2) is 48.8 Å². The minimum absolute atomic E-state index is 0.0113. The summed E-state index contributed by atoms with van der Waals surface area (Å²) in [5, 5.41) is 12.2. The minimum Gasteiger partial charge on any atom is -0.366 e. The number of aromatic nitrogens is 5. The highest BCUT2D eigenvalue weighted by atomic mass is 16.2. The summed E-state index contributed by atoms with van der Waals surface area (Å²) in [6.07, 6.45) is 3.21. The predicted octanol–water partition coefficient (Wildman–Crippen LogP) is 1.88. The number of carbonyl (C=O) groups excluding carboxylic acids is 2. The molecule has 9 nitrogen and oxygen atoms in total. The Bertz CT molecular complexity index is 1240. The molecule has 0 aliphatic carbocycles. The summed E-state index contributed by atoms with van der Waals surface area (Å²) in [5.74, 6) is -0.340. The van der Waals surface area contributed by atoms with Gasteiger partial charge in [0, 0.05) is 29.9 Å². The van der Waals surface area contributed by atoms with E-state index in [-0.39, 0.29) is 12.5 Å². The number of pyridine rings is 1. The standard InChI is InChI=1S/C20H19N7O2/c1-12-7-8-15(19(21)29)18(23-12)13-9-22-27(10-13)11-17(28)24-20-14-5-3-4-6-16(14)26(2)25-20/h3-10H,11H2,1-2H3,(H2,21,29)(H,24,25,28). The first-order chi connectivity index (χ1) is 13.9. The van der Waals surface area contributed by atoms with Crippen LogP contribution in [0.2, 0.25) is 0 Å². The molecular weight excluding hydrogens is 370 g/mol. The van der Waals surface area contributed by atoms with Crippen LogP contribution in [0.4, 0.5) is 5.82 Å². The second-order valence-electron chi connectivity index (χ2n) is 6.68. The van der Waals surface area contributed by atoms with Crippen LogP contribution in [-0.2, 0) is 18.4 Å². The first-order valence-corrected chi connectivity index (χ1v) is 8.94. The van der Waals surface area contributed by atoms with Crippen molar-refractivity contribution in [3.63, 3.8) is 0 Å². The Kier molecular flexibility index (Phi) is 4.55. The molecule has 0 bridgehead atoms. The van der Waals surface area contributed by atoms with Crippen LogP contribution in [0.1, 0.15) is 16.1 Å². The molecule has 4 rings (SSSR count). The van der Waals surface area contributed by atoms with Crippen LogP contribution < -0.4 is 11.1 Å². The van der Waals surface area contributed by atoms with Crippen molar-refractivity contribution in [3.05, 3.63) is 60.0 Å². The van der Waals surface area contributed by atoms with Gasteiger partial charge in [-0.3, -0.25) is 23.9 Å². The average Bonchev–Trinajstić information content (AvgIpc) is 3.27. The van der Waals surface area contributed by atoms with Crippen LogP contribution in [0.5, 0.6) is 0 Å². The zero-order valence-corrected chi connectivity index (χ0v) is 16.0. The van der Waals surface area contributed by atoms with Crippen LogP contribution in [0.3, 0.4) is 0 Å². The number of benzene rings is 1. The van der Waals surface area contributed by atoms with Crippen molar-refractivity contribution in [1.29, 1.82) is 0 Å². The number of primary amides is 1. The Morgan fingerprint density at radius 3 is 2.76 bits per heavy atom. The van der Waals surface area contributed by atoms with E-state index in [0.717, 1.165) is 16.6 Å². The summed E-state index contributed by atoms with van der Waals surface area (Å²) < 4.78 is 3.19. The van der Waals surface area contributed by atoms with Gasteiger partial charge in [0.2, 0.25) is 5.91 Å². The van der Waals surface area contributed by atoms with Crippen LogP contribution in [-0.4, -0.2) is 36.4 Å². The third kappa shape index (κ3) is 3.57. The number of hydrogen-bond acceptors (Lipinski definition) is 5. The third-order valence-corrected chi connectivity index (χ3v) is 4.53. The van der Waals surface area contributed by atoms with E-state index >= 15 is 0 Å². The molecule has 9 heteroatoms. The first-order valence-electron chi connectivity index (χ1n) is 8.94. The Balaban J connectivity index is 1.54. The second kappa shape index (κ2) is 7.19. The van der Waals surface area contributed by atoms with Gasteiger partial charge in [0.25, 0.3) is 5.91 Å². The summed E-state index contributed by atoms with van der Waals surface area (Å²) in [6.45, 7) is 1.81. The van der Waals surface area contributed by atoms with Crippen molar-refractivity contribution in [2.45, 2.75) is 13.5 Å². The van der Waals surface area contributed by atoms with E-state index in [1.165, 1.54) is 4.68 Å². The molecule has 0 radical (unpaired) electrons. The number of hydrogen-bond donors (Lipinski definition) is 2. The largest absolute Gasteiger partial charge is 0.366 e. The van der Waals surface area contributed by atoms with E-state index in [0.29, 0.717) is 22.6 Å². The molecule has 2 amide bonds. The summed E-state index contributed by atoms with van der Waals surface area (Å²) in [5.41, 5.74) is 8.48. The van der Waals surface area contributed by atoms with Crippen molar-refractivity contribution in [2.75, 3.05) is 5.32 Å². The van der Waals surface area contributed by atoms with Crippen LogP contribution in [0, 0.1) is 6.92 Å². The Morgan fingerprint density at radius 1 is 1.17 bits per heavy atom. The molecule has 0 unspecified atom stereocenters. The summed E-state index contributed by atoms with van der Waals surface area (Å²) in [4.78, 5) is 28.6. The van der Waals surface area contributed by atoms with Gasteiger partial charge >= 0.3 is 0 Å². The molecular formula is C20H19N7O2. The normalized spacial score (nSPS) is 11.0. The van der Waals surface area contributed by atoms with Crippen LogP contribution in [0.25, 0.3) is 22.2 Å². The lowest BCUT2D eigenvalue weighted by atomic mass is 10.1. The number of nitrogens with zero attached hydrogens (tertiary/aromatic N) is 5. The van der Waals surface area contributed by atoms with E-state index < -0.39 is 5.91 Å². The van der Waals surface area contributed by atoms with Crippen molar-refractivity contribution >= 4 is 28.5 Å². The summed E-state index contributed by atoms with van der Waals surface area (Å²) in [7, 11) is 1.82. The van der Waals surface area contributed by atoms with E-state index in [9.17, 15) is 9.59 Å². The van der Waals surface area contributed by atoms with Gasteiger partial charge in [0.05, 0.1) is 23.0 Å². The van der Waals surface area contributed by atoms with E-state index in [1.54, 1.807) is 29.2 Å². The molecule has 4 aromatic rings. The number of nitrogens with one attached hydrogen (secondary N) is 1. The molecule has 29 heavy (non-hydrogen) atoms. The Morgan fingerprint density at radius 2 is 1.97 bits per heavy atom. The van der Waals surface area contributed by atoms with Crippen molar-refractivity contribution < 1.29 is 9.59 Å². The molecule has 146 valence electrons. The molecule has 0 aliphatic heterocycles. The van der Waals surface area contributed by atoms with Gasteiger partial charge in [0.1, 0.15) is 6.54 Å². The number of nitrogens with two attached hydrogens (primary N) is 1. The zero-order valence-electron chi connectivity index (χ0n) is 16.0. The smallest absolute Gasteiger partial charge is 0.250 e. The second-order valence-corrected chi connectivity index (χ2v) is 6.68. The lowest BCUT2D eigenvalue weighted by Gasteiger charge is -2.05. The summed E-state index contributed by atoms with van der Waals surface area (Å²) in [6, 6.07) is 11.0. The van der Waals surface area contributed by atoms with Crippen molar-refractivity contribution in [2.24, 2.45) is 12.8 Å². The molecule has 0 spiro atoms. The monoisotopic (exact) mass is 389 g/mol. The number of carbonyl (C=O) groups is 2. The molecule has 3 aromatic heterocycles. The lowest BCUT2D eigenvalue weighted by molar-refractivity contribution is -0.116. The maximum atomic E-state index is 12.5. The molecule has 0 saturated heterocycles. The van der Waals surface area contributed by atoms with Gasteiger partial charge < -0.3 is 11.1 Å². The van der Waals surface area contributed by atoms with Crippen LogP contribution >= 0.6 is 0 Å². The lowest BCUT2D eigenvalue weighted by Crippen LogP contribution is -2.19. The van der Waals surface area contributed by atoms with Gasteiger partial charge in [0.15, 0.2) is 5.82 Å².